The second kappa shape index (κ2) is 5.88. The van der Waals surface area contributed by atoms with E-state index in [9.17, 15) is 9.18 Å². The lowest BCUT2D eigenvalue weighted by Crippen LogP contribution is -2.21. The molecule has 2 heterocycles. The number of carbonyl (C=O) groups excluding carboxylic acids is 1. The number of para-hydroxylation sites is 1. The maximum Gasteiger partial charge on any atom is 0.340 e. The zero-order valence-corrected chi connectivity index (χ0v) is 12.2. The first kappa shape index (κ1) is 14.7. The fourth-order valence-corrected chi connectivity index (χ4v) is 2.22. The molecule has 0 aliphatic carbocycles. The molecule has 0 bridgehead atoms. The molecule has 3 aromatic rings. The number of primary amides is 1. The summed E-state index contributed by atoms with van der Waals surface area (Å²) in [6.45, 7) is 0. The zero-order valence-electron chi connectivity index (χ0n) is 12.2. The van der Waals surface area contributed by atoms with Gasteiger partial charge in [0.05, 0.1) is 12.8 Å². The van der Waals surface area contributed by atoms with Gasteiger partial charge in [-0.3, -0.25) is 0 Å². The number of hydrogen-bond acceptors (Lipinski definition) is 4. The highest BCUT2D eigenvalue weighted by Crippen LogP contribution is 2.23. The Hall–Kier alpha value is -3.22. The second-order valence-corrected chi connectivity index (χ2v) is 4.74. The Morgan fingerprint density at radius 3 is 2.78 bits per heavy atom. The van der Waals surface area contributed by atoms with Crippen LogP contribution in [0, 0.1) is 5.82 Å². The van der Waals surface area contributed by atoms with Gasteiger partial charge in [0.1, 0.15) is 11.3 Å². The fraction of sp³-hybridized carbons (Fsp3) is 0.0625. The van der Waals surface area contributed by atoms with Gasteiger partial charge < -0.3 is 10.5 Å². The first-order valence-corrected chi connectivity index (χ1v) is 6.75. The van der Waals surface area contributed by atoms with E-state index in [-0.39, 0.29) is 5.52 Å². The molecule has 23 heavy (non-hydrogen) atoms. The summed E-state index contributed by atoms with van der Waals surface area (Å²) in [6.07, 6.45) is 5.05. The van der Waals surface area contributed by atoms with Crippen molar-refractivity contribution in [3.05, 3.63) is 53.6 Å². The minimum Gasteiger partial charge on any atom is -0.481 e. The number of carbonyl (C=O) groups is 1. The molecule has 0 saturated heterocycles. The number of hydrogen-bond donors (Lipinski definition) is 1. The van der Waals surface area contributed by atoms with Crippen LogP contribution >= 0.6 is 0 Å². The zero-order chi connectivity index (χ0) is 16.4. The van der Waals surface area contributed by atoms with Crippen molar-refractivity contribution in [3.8, 4) is 5.88 Å². The average Bonchev–Trinajstić information content (AvgIpc) is 2.94. The molecular formula is C16H13FN4O2. The molecular weight excluding hydrogens is 299 g/mol. The molecule has 1 amide bonds. The summed E-state index contributed by atoms with van der Waals surface area (Å²) < 4.78 is 19.8. The molecule has 0 fully saturated rings. The van der Waals surface area contributed by atoms with Crippen molar-refractivity contribution in [2.75, 3.05) is 7.11 Å². The van der Waals surface area contributed by atoms with Gasteiger partial charge >= 0.3 is 6.03 Å². The normalized spacial score (nSPS) is 11.2. The van der Waals surface area contributed by atoms with E-state index in [1.54, 1.807) is 36.5 Å². The van der Waals surface area contributed by atoms with E-state index in [1.807, 2.05) is 6.07 Å². The highest BCUT2D eigenvalue weighted by molar-refractivity contribution is 5.95. The lowest BCUT2D eigenvalue weighted by Gasteiger charge is -1.97. The molecule has 1 aromatic carbocycles. The van der Waals surface area contributed by atoms with Gasteiger partial charge in [-0.15, -0.1) is 0 Å². The first-order valence-electron chi connectivity index (χ1n) is 6.75. The van der Waals surface area contributed by atoms with Crippen molar-refractivity contribution in [1.82, 2.24) is 14.8 Å². The van der Waals surface area contributed by atoms with Crippen molar-refractivity contribution in [2.24, 2.45) is 5.73 Å². The maximum atomic E-state index is 14.0. The molecule has 6 nitrogen and oxygen atoms in total. The Morgan fingerprint density at radius 2 is 2.13 bits per heavy atom. The quantitative estimate of drug-likeness (QED) is 0.806. The van der Waals surface area contributed by atoms with Crippen LogP contribution in [0.1, 0.15) is 11.3 Å². The van der Waals surface area contributed by atoms with E-state index in [4.69, 9.17) is 10.5 Å². The van der Waals surface area contributed by atoms with Crippen LogP contribution in [0.15, 0.2) is 36.5 Å². The molecule has 0 unspecified atom stereocenters. The number of rotatable bonds is 3. The minimum atomic E-state index is -0.842. The molecule has 0 aliphatic rings. The van der Waals surface area contributed by atoms with Gasteiger partial charge in [-0.2, -0.15) is 9.78 Å². The van der Waals surface area contributed by atoms with Crippen molar-refractivity contribution >= 4 is 29.1 Å². The molecule has 2 N–H and O–H groups in total. The number of methoxy groups -OCH3 is 1. The summed E-state index contributed by atoms with van der Waals surface area (Å²) >= 11 is 0. The summed E-state index contributed by atoms with van der Waals surface area (Å²) in [5, 5.41) is 4.57. The van der Waals surface area contributed by atoms with Crippen molar-refractivity contribution in [3.63, 3.8) is 0 Å². The number of fused-ring (bicyclic) bond motifs is 1. The summed E-state index contributed by atoms with van der Waals surface area (Å²) in [6, 6.07) is 7.18. The van der Waals surface area contributed by atoms with Gasteiger partial charge in [-0.05, 0) is 23.8 Å². The van der Waals surface area contributed by atoms with E-state index in [0.29, 0.717) is 17.0 Å². The molecule has 0 saturated carbocycles. The molecule has 116 valence electrons. The lowest BCUT2D eigenvalue weighted by molar-refractivity contribution is 0.248. The molecule has 0 radical (unpaired) electrons. The van der Waals surface area contributed by atoms with E-state index >= 15 is 0 Å². The van der Waals surface area contributed by atoms with E-state index in [0.717, 1.165) is 10.2 Å². The van der Waals surface area contributed by atoms with E-state index in [2.05, 4.69) is 10.1 Å². The highest BCUT2D eigenvalue weighted by atomic mass is 19.1. The number of halogens is 1. The third kappa shape index (κ3) is 2.76. The molecule has 3 rings (SSSR count). The van der Waals surface area contributed by atoms with E-state index in [1.165, 1.54) is 13.2 Å². The Labute approximate surface area is 131 Å². The summed E-state index contributed by atoms with van der Waals surface area (Å²) in [7, 11) is 1.54. The van der Waals surface area contributed by atoms with Gasteiger partial charge in [0.25, 0.3) is 0 Å². The van der Waals surface area contributed by atoms with Crippen LogP contribution in [-0.4, -0.2) is 27.9 Å². The van der Waals surface area contributed by atoms with Crippen LogP contribution in [0.5, 0.6) is 5.88 Å². The number of nitrogens with zero attached hydrogens (tertiary/aromatic N) is 3. The number of aromatic nitrogens is 3. The minimum absolute atomic E-state index is 0.0625. The fourth-order valence-electron chi connectivity index (χ4n) is 2.22. The Morgan fingerprint density at radius 1 is 1.30 bits per heavy atom. The molecule has 7 heteroatoms. The smallest absolute Gasteiger partial charge is 0.340 e. The number of benzene rings is 1. The SMILES string of the molecule is COc1ccc(C=Cc2nn(C(N)=O)c3c(F)cccc23)cn1. The van der Waals surface area contributed by atoms with Crippen LogP contribution in [-0.2, 0) is 0 Å². The average molecular weight is 312 g/mol. The van der Waals surface area contributed by atoms with Crippen LogP contribution in [0.2, 0.25) is 0 Å². The number of ether oxygens (including phenoxy) is 1. The number of pyridine rings is 1. The third-order valence-corrected chi connectivity index (χ3v) is 3.29. The van der Waals surface area contributed by atoms with Crippen molar-refractivity contribution < 1.29 is 13.9 Å². The van der Waals surface area contributed by atoms with Crippen molar-refractivity contribution in [1.29, 1.82) is 0 Å². The predicted molar refractivity (Wildman–Crippen MR) is 84.4 cm³/mol. The molecule has 0 atom stereocenters. The molecule has 0 spiro atoms. The third-order valence-electron chi connectivity index (χ3n) is 3.29. The second-order valence-electron chi connectivity index (χ2n) is 4.74. The van der Waals surface area contributed by atoms with Gasteiger partial charge in [-0.25, -0.2) is 14.2 Å². The van der Waals surface area contributed by atoms with Gasteiger partial charge in [0.2, 0.25) is 5.88 Å². The highest BCUT2D eigenvalue weighted by Gasteiger charge is 2.15. The molecule has 0 aliphatic heterocycles. The van der Waals surface area contributed by atoms with Gasteiger partial charge in [0, 0.05) is 17.6 Å². The number of nitrogens with two attached hydrogens (primary N) is 1. The molecule has 2 aromatic heterocycles. The van der Waals surface area contributed by atoms with Crippen LogP contribution in [0.25, 0.3) is 23.1 Å². The summed E-state index contributed by atoms with van der Waals surface area (Å²) in [5.41, 5.74) is 6.56. The van der Waals surface area contributed by atoms with Crippen LogP contribution in [0.3, 0.4) is 0 Å². The lowest BCUT2D eigenvalue weighted by atomic mass is 10.1. The number of amides is 1. The van der Waals surface area contributed by atoms with Crippen molar-refractivity contribution in [2.45, 2.75) is 0 Å². The topological polar surface area (TPSA) is 83.0 Å². The van der Waals surface area contributed by atoms with Gasteiger partial charge in [0.15, 0.2) is 0 Å². The standard InChI is InChI=1S/C16H13FN4O2/c1-23-14-8-6-10(9-19-14)5-7-13-11-3-2-4-12(17)15(11)21(20-13)16(18)22/h2-9H,1H3,(H2,18,22). The monoisotopic (exact) mass is 312 g/mol. The Balaban J connectivity index is 2.04. The summed E-state index contributed by atoms with van der Waals surface area (Å²) in [5.74, 6) is -0.0489. The predicted octanol–water partition coefficient (Wildman–Crippen LogP) is 2.68. The van der Waals surface area contributed by atoms with Crippen LogP contribution in [0.4, 0.5) is 9.18 Å². The van der Waals surface area contributed by atoms with Gasteiger partial charge in [-0.1, -0.05) is 18.2 Å². The maximum absolute atomic E-state index is 14.0. The summed E-state index contributed by atoms with van der Waals surface area (Å²) in [4.78, 5) is 15.5. The first-order chi connectivity index (χ1) is 11.1. The Bertz CT molecular complexity index is 900. The van der Waals surface area contributed by atoms with Crippen LogP contribution < -0.4 is 10.5 Å². The Kier molecular flexibility index (Phi) is 3.76. The largest absolute Gasteiger partial charge is 0.481 e. The van der Waals surface area contributed by atoms with E-state index < -0.39 is 11.8 Å².